The first kappa shape index (κ1) is 15.0. The summed E-state index contributed by atoms with van der Waals surface area (Å²) in [4.78, 5) is 26.6. The molecule has 6 heteroatoms. The maximum Gasteiger partial charge on any atom is 0.306 e. The van der Waals surface area contributed by atoms with Gasteiger partial charge in [0.15, 0.2) is 0 Å². The minimum absolute atomic E-state index is 0.0811. The Morgan fingerprint density at radius 1 is 1.55 bits per heavy atom. The van der Waals surface area contributed by atoms with Crippen LogP contribution in [-0.4, -0.2) is 53.5 Å². The highest BCUT2D eigenvalue weighted by atomic mass is 32.1. The molecule has 0 radical (unpaired) electrons. The van der Waals surface area contributed by atoms with Gasteiger partial charge in [0.2, 0.25) is 5.91 Å². The van der Waals surface area contributed by atoms with Gasteiger partial charge in [-0.1, -0.05) is 6.92 Å². The van der Waals surface area contributed by atoms with E-state index in [4.69, 9.17) is 5.11 Å². The Hall–Kier alpha value is -1.40. The quantitative estimate of drug-likeness (QED) is 0.861. The fourth-order valence-electron chi connectivity index (χ4n) is 2.31. The van der Waals surface area contributed by atoms with Gasteiger partial charge in [0.05, 0.1) is 12.5 Å². The van der Waals surface area contributed by atoms with Gasteiger partial charge in [0.1, 0.15) is 0 Å². The van der Waals surface area contributed by atoms with E-state index in [2.05, 4.69) is 0 Å². The molecule has 1 atom stereocenters. The minimum atomic E-state index is -0.754. The fourth-order valence-corrected chi connectivity index (χ4v) is 2.97. The van der Waals surface area contributed by atoms with Gasteiger partial charge < -0.3 is 10.0 Å². The second-order valence-electron chi connectivity index (χ2n) is 5.46. The monoisotopic (exact) mass is 296 g/mol. The molecule has 0 spiro atoms. The van der Waals surface area contributed by atoms with Crippen molar-refractivity contribution in [3.05, 3.63) is 22.4 Å². The second kappa shape index (κ2) is 6.37. The van der Waals surface area contributed by atoms with Crippen LogP contribution in [0.4, 0.5) is 0 Å². The third-order valence-electron chi connectivity index (χ3n) is 3.87. The number of thiophene rings is 1. The SMILES string of the molecule is CC(C(=O)O)C1CN(CC(=O)N(C)Cc2ccsc2)C1. The maximum absolute atomic E-state index is 12.1. The molecule has 1 saturated heterocycles. The third-order valence-corrected chi connectivity index (χ3v) is 4.60. The number of hydrogen-bond donors (Lipinski definition) is 1. The van der Waals surface area contributed by atoms with Crippen molar-refractivity contribution in [1.29, 1.82) is 0 Å². The van der Waals surface area contributed by atoms with Crippen LogP contribution in [0, 0.1) is 11.8 Å². The van der Waals surface area contributed by atoms with Gasteiger partial charge >= 0.3 is 5.97 Å². The highest BCUT2D eigenvalue weighted by Gasteiger charge is 2.35. The van der Waals surface area contributed by atoms with E-state index in [1.807, 2.05) is 21.7 Å². The largest absolute Gasteiger partial charge is 0.481 e. The zero-order valence-electron chi connectivity index (χ0n) is 11.8. The Balaban J connectivity index is 1.72. The van der Waals surface area contributed by atoms with Crippen LogP contribution < -0.4 is 0 Å². The Morgan fingerprint density at radius 2 is 2.25 bits per heavy atom. The topological polar surface area (TPSA) is 60.9 Å². The van der Waals surface area contributed by atoms with Crippen LogP contribution in [0.3, 0.4) is 0 Å². The molecule has 20 heavy (non-hydrogen) atoms. The van der Waals surface area contributed by atoms with Crippen LogP contribution in [0.15, 0.2) is 16.8 Å². The number of hydrogen-bond acceptors (Lipinski definition) is 4. The predicted octanol–water partition coefficient (Wildman–Crippen LogP) is 1.36. The standard InChI is InChI=1S/C14H20N2O3S/c1-10(14(18)19)12-6-16(7-12)8-13(17)15(2)5-11-3-4-20-9-11/h3-4,9-10,12H,5-8H2,1-2H3,(H,18,19). The van der Waals surface area contributed by atoms with Crippen LogP contribution >= 0.6 is 11.3 Å². The first-order chi connectivity index (χ1) is 9.47. The third kappa shape index (κ3) is 3.58. The molecule has 1 amide bonds. The molecular formula is C14H20N2O3S. The van der Waals surface area contributed by atoms with E-state index in [1.54, 1.807) is 30.2 Å². The number of amides is 1. The number of carbonyl (C=O) groups excluding carboxylic acids is 1. The molecule has 0 aromatic carbocycles. The van der Waals surface area contributed by atoms with Crippen LogP contribution in [0.1, 0.15) is 12.5 Å². The lowest BCUT2D eigenvalue weighted by Crippen LogP contribution is -2.53. The average Bonchev–Trinajstić information content (AvgIpc) is 2.84. The van der Waals surface area contributed by atoms with E-state index in [-0.39, 0.29) is 17.7 Å². The maximum atomic E-state index is 12.1. The molecule has 1 fully saturated rings. The molecule has 0 bridgehead atoms. The summed E-state index contributed by atoms with van der Waals surface area (Å²) in [6.07, 6.45) is 0. The molecule has 1 aromatic rings. The number of carboxylic acid groups (broad SMARTS) is 1. The molecule has 1 aromatic heterocycles. The smallest absolute Gasteiger partial charge is 0.306 e. The normalized spacial score (nSPS) is 17.5. The molecule has 5 nitrogen and oxygen atoms in total. The zero-order chi connectivity index (χ0) is 14.7. The van der Waals surface area contributed by atoms with Crippen molar-refractivity contribution in [2.24, 2.45) is 11.8 Å². The van der Waals surface area contributed by atoms with Gasteiger partial charge in [-0.25, -0.2) is 0 Å². The Bertz CT molecular complexity index is 469. The molecule has 1 unspecified atom stereocenters. The molecule has 2 rings (SSSR count). The fraction of sp³-hybridized carbons (Fsp3) is 0.571. The first-order valence-corrected chi connectivity index (χ1v) is 7.62. The van der Waals surface area contributed by atoms with E-state index in [0.717, 1.165) is 5.56 Å². The van der Waals surface area contributed by atoms with Gasteiger partial charge in [0, 0.05) is 26.7 Å². The number of carboxylic acids is 1. The summed E-state index contributed by atoms with van der Waals surface area (Å²) in [6, 6.07) is 2.02. The number of carbonyl (C=O) groups is 2. The van der Waals surface area contributed by atoms with Gasteiger partial charge in [-0.15, -0.1) is 0 Å². The Labute approximate surface area is 122 Å². The molecule has 1 aliphatic rings. The lowest BCUT2D eigenvalue weighted by molar-refractivity contribution is -0.146. The van der Waals surface area contributed by atoms with Crippen molar-refractivity contribution in [3.8, 4) is 0 Å². The highest BCUT2D eigenvalue weighted by molar-refractivity contribution is 7.07. The number of likely N-dealkylation sites (N-methyl/N-ethyl adjacent to an activating group) is 1. The van der Waals surface area contributed by atoms with Crippen molar-refractivity contribution >= 4 is 23.2 Å². The molecule has 2 heterocycles. The van der Waals surface area contributed by atoms with Gasteiger partial charge in [0.25, 0.3) is 0 Å². The van der Waals surface area contributed by atoms with E-state index in [0.29, 0.717) is 26.2 Å². The van der Waals surface area contributed by atoms with Gasteiger partial charge in [-0.05, 0) is 28.3 Å². The number of aliphatic carboxylic acids is 1. The summed E-state index contributed by atoms with van der Waals surface area (Å²) < 4.78 is 0. The summed E-state index contributed by atoms with van der Waals surface area (Å²) >= 11 is 1.63. The van der Waals surface area contributed by atoms with Crippen LogP contribution in [0.25, 0.3) is 0 Å². The lowest BCUT2D eigenvalue weighted by Gasteiger charge is -2.41. The summed E-state index contributed by atoms with van der Waals surface area (Å²) in [7, 11) is 1.80. The lowest BCUT2D eigenvalue weighted by atomic mass is 9.87. The predicted molar refractivity (Wildman–Crippen MR) is 77.5 cm³/mol. The first-order valence-electron chi connectivity index (χ1n) is 6.67. The van der Waals surface area contributed by atoms with E-state index >= 15 is 0 Å². The summed E-state index contributed by atoms with van der Waals surface area (Å²) in [5, 5.41) is 13.0. The molecular weight excluding hydrogens is 276 g/mol. The van der Waals surface area contributed by atoms with Crippen LogP contribution in [-0.2, 0) is 16.1 Å². The number of rotatable bonds is 6. The second-order valence-corrected chi connectivity index (χ2v) is 6.24. The van der Waals surface area contributed by atoms with Crippen LogP contribution in [0.2, 0.25) is 0 Å². The molecule has 1 aliphatic heterocycles. The Kier molecular flexibility index (Phi) is 4.77. The molecule has 110 valence electrons. The van der Waals surface area contributed by atoms with E-state index in [1.165, 1.54) is 0 Å². The van der Waals surface area contributed by atoms with Gasteiger partial charge in [-0.2, -0.15) is 11.3 Å². The number of likely N-dealkylation sites (tertiary alicyclic amines) is 1. The van der Waals surface area contributed by atoms with E-state index < -0.39 is 5.97 Å². The van der Waals surface area contributed by atoms with Crippen molar-refractivity contribution in [2.45, 2.75) is 13.5 Å². The number of nitrogens with zero attached hydrogens (tertiary/aromatic N) is 2. The molecule has 1 N–H and O–H groups in total. The zero-order valence-corrected chi connectivity index (χ0v) is 12.6. The van der Waals surface area contributed by atoms with Crippen molar-refractivity contribution < 1.29 is 14.7 Å². The van der Waals surface area contributed by atoms with Crippen molar-refractivity contribution in [3.63, 3.8) is 0 Å². The van der Waals surface area contributed by atoms with Crippen molar-refractivity contribution in [1.82, 2.24) is 9.80 Å². The van der Waals surface area contributed by atoms with Gasteiger partial charge in [-0.3, -0.25) is 14.5 Å². The van der Waals surface area contributed by atoms with E-state index in [9.17, 15) is 9.59 Å². The van der Waals surface area contributed by atoms with Crippen molar-refractivity contribution in [2.75, 3.05) is 26.7 Å². The Morgan fingerprint density at radius 3 is 2.80 bits per heavy atom. The van der Waals surface area contributed by atoms with Crippen LogP contribution in [0.5, 0.6) is 0 Å². The molecule has 0 aliphatic carbocycles. The summed E-state index contributed by atoms with van der Waals surface area (Å²) in [5.41, 5.74) is 1.15. The average molecular weight is 296 g/mol. The minimum Gasteiger partial charge on any atom is -0.481 e. The molecule has 0 saturated carbocycles. The summed E-state index contributed by atoms with van der Waals surface area (Å²) in [5.74, 6) is -0.833. The highest BCUT2D eigenvalue weighted by Crippen LogP contribution is 2.23. The summed E-state index contributed by atoms with van der Waals surface area (Å²) in [6.45, 7) is 4.14.